The molecule has 0 atom stereocenters. The van der Waals surface area contributed by atoms with Gasteiger partial charge >= 0.3 is 0 Å². The molecule has 0 saturated heterocycles. The summed E-state index contributed by atoms with van der Waals surface area (Å²) >= 11 is 3.08. The number of rotatable bonds is 5. The summed E-state index contributed by atoms with van der Waals surface area (Å²) in [4.78, 5) is 11.4. The van der Waals surface area contributed by atoms with Gasteiger partial charge in [0.25, 0.3) is 0 Å². The van der Waals surface area contributed by atoms with Crippen LogP contribution in [0.4, 0.5) is 10.1 Å². The smallest absolute Gasteiger partial charge is 0.239 e. The SMILES string of the molecule is O=C(CNc1ccc(Br)c(F)c1)NCC1CC1. The van der Waals surface area contributed by atoms with Gasteiger partial charge < -0.3 is 10.6 Å². The Morgan fingerprint density at radius 2 is 2.24 bits per heavy atom. The fourth-order valence-corrected chi connectivity index (χ4v) is 1.68. The van der Waals surface area contributed by atoms with Crippen molar-refractivity contribution in [1.82, 2.24) is 5.32 Å². The second kappa shape index (κ2) is 5.49. The van der Waals surface area contributed by atoms with Crippen LogP contribution >= 0.6 is 15.9 Å². The van der Waals surface area contributed by atoms with E-state index in [1.165, 1.54) is 18.9 Å². The van der Waals surface area contributed by atoms with Gasteiger partial charge in [0.15, 0.2) is 0 Å². The van der Waals surface area contributed by atoms with Gasteiger partial charge in [-0.05, 0) is 52.9 Å². The molecule has 0 radical (unpaired) electrons. The highest BCUT2D eigenvalue weighted by Gasteiger charge is 2.21. The molecule has 1 aliphatic rings. The molecular formula is C12H14BrFN2O. The quantitative estimate of drug-likeness (QED) is 0.877. The van der Waals surface area contributed by atoms with Crippen molar-refractivity contribution in [2.24, 2.45) is 5.92 Å². The Labute approximate surface area is 108 Å². The molecular weight excluding hydrogens is 287 g/mol. The lowest BCUT2D eigenvalue weighted by Crippen LogP contribution is -2.31. The summed E-state index contributed by atoms with van der Waals surface area (Å²) in [6.45, 7) is 0.934. The molecule has 2 N–H and O–H groups in total. The highest BCUT2D eigenvalue weighted by atomic mass is 79.9. The van der Waals surface area contributed by atoms with Crippen molar-refractivity contribution in [3.05, 3.63) is 28.5 Å². The second-order valence-electron chi connectivity index (χ2n) is 4.23. The number of nitrogens with one attached hydrogen (secondary N) is 2. The first-order valence-electron chi connectivity index (χ1n) is 5.61. The lowest BCUT2D eigenvalue weighted by atomic mass is 10.3. The highest BCUT2D eigenvalue weighted by molar-refractivity contribution is 9.10. The van der Waals surface area contributed by atoms with Crippen LogP contribution in [0.15, 0.2) is 22.7 Å². The van der Waals surface area contributed by atoms with Crippen LogP contribution in [0, 0.1) is 11.7 Å². The molecule has 17 heavy (non-hydrogen) atoms. The van der Waals surface area contributed by atoms with E-state index in [1.807, 2.05) is 0 Å². The highest BCUT2D eigenvalue weighted by Crippen LogP contribution is 2.27. The van der Waals surface area contributed by atoms with Gasteiger partial charge in [-0.3, -0.25) is 4.79 Å². The van der Waals surface area contributed by atoms with E-state index in [-0.39, 0.29) is 18.3 Å². The fourth-order valence-electron chi connectivity index (χ4n) is 1.43. The predicted octanol–water partition coefficient (Wildman–Crippen LogP) is 2.53. The Hall–Kier alpha value is -1.10. The van der Waals surface area contributed by atoms with Crippen LogP contribution in [-0.2, 0) is 4.79 Å². The Kier molecular flexibility index (Phi) is 3.99. The minimum absolute atomic E-state index is 0.0553. The van der Waals surface area contributed by atoms with Gasteiger partial charge in [0, 0.05) is 12.2 Å². The van der Waals surface area contributed by atoms with Crippen LogP contribution in [-0.4, -0.2) is 19.0 Å². The molecule has 0 heterocycles. The molecule has 1 fully saturated rings. The number of benzene rings is 1. The van der Waals surface area contributed by atoms with Crippen molar-refractivity contribution in [3.63, 3.8) is 0 Å². The van der Waals surface area contributed by atoms with Crippen LogP contribution in [0.25, 0.3) is 0 Å². The topological polar surface area (TPSA) is 41.1 Å². The van der Waals surface area contributed by atoms with E-state index >= 15 is 0 Å². The normalized spacial score (nSPS) is 14.5. The lowest BCUT2D eigenvalue weighted by molar-refractivity contribution is -0.119. The van der Waals surface area contributed by atoms with Gasteiger partial charge in [-0.1, -0.05) is 0 Å². The van der Waals surface area contributed by atoms with Crippen molar-refractivity contribution in [2.75, 3.05) is 18.4 Å². The molecule has 5 heteroatoms. The lowest BCUT2D eigenvalue weighted by Gasteiger charge is -2.07. The van der Waals surface area contributed by atoms with E-state index < -0.39 is 0 Å². The molecule has 0 unspecified atom stereocenters. The average molecular weight is 301 g/mol. The van der Waals surface area contributed by atoms with Gasteiger partial charge in [-0.2, -0.15) is 0 Å². The Morgan fingerprint density at radius 1 is 1.47 bits per heavy atom. The maximum atomic E-state index is 13.2. The second-order valence-corrected chi connectivity index (χ2v) is 5.08. The van der Waals surface area contributed by atoms with Crippen LogP contribution < -0.4 is 10.6 Å². The van der Waals surface area contributed by atoms with Crippen molar-refractivity contribution in [3.8, 4) is 0 Å². The number of amides is 1. The molecule has 92 valence electrons. The van der Waals surface area contributed by atoms with Gasteiger partial charge in [0.2, 0.25) is 5.91 Å². The first-order valence-corrected chi connectivity index (χ1v) is 6.40. The van der Waals surface area contributed by atoms with Crippen LogP contribution in [0.3, 0.4) is 0 Å². The fraction of sp³-hybridized carbons (Fsp3) is 0.417. The van der Waals surface area contributed by atoms with Gasteiger partial charge in [0.1, 0.15) is 5.82 Å². The van der Waals surface area contributed by atoms with Gasteiger partial charge in [-0.15, -0.1) is 0 Å². The van der Waals surface area contributed by atoms with Crippen molar-refractivity contribution in [2.45, 2.75) is 12.8 Å². The molecule has 1 aliphatic carbocycles. The molecule has 0 aliphatic heterocycles. The number of anilines is 1. The summed E-state index contributed by atoms with van der Waals surface area (Å²) in [5.41, 5.74) is 0.604. The largest absolute Gasteiger partial charge is 0.376 e. The van der Waals surface area contributed by atoms with Crippen LogP contribution in [0.1, 0.15) is 12.8 Å². The van der Waals surface area contributed by atoms with E-state index in [1.54, 1.807) is 12.1 Å². The summed E-state index contributed by atoms with van der Waals surface area (Å²) < 4.78 is 13.6. The summed E-state index contributed by atoms with van der Waals surface area (Å²) in [6.07, 6.45) is 2.43. The Bertz CT molecular complexity index is 421. The van der Waals surface area contributed by atoms with Crippen LogP contribution in [0.5, 0.6) is 0 Å². The third-order valence-electron chi connectivity index (χ3n) is 2.66. The molecule has 0 aromatic heterocycles. The number of hydrogen-bond acceptors (Lipinski definition) is 2. The first-order chi connectivity index (χ1) is 8.15. The molecule has 1 aromatic carbocycles. The maximum Gasteiger partial charge on any atom is 0.239 e. The van der Waals surface area contributed by atoms with Crippen molar-refractivity contribution in [1.29, 1.82) is 0 Å². The Morgan fingerprint density at radius 3 is 2.88 bits per heavy atom. The van der Waals surface area contributed by atoms with Crippen molar-refractivity contribution >= 4 is 27.5 Å². The predicted molar refractivity (Wildman–Crippen MR) is 68.3 cm³/mol. The number of carbonyl (C=O) groups excluding carboxylic acids is 1. The minimum atomic E-state index is -0.339. The zero-order valence-electron chi connectivity index (χ0n) is 9.30. The van der Waals surface area contributed by atoms with Gasteiger partial charge in [0.05, 0.1) is 11.0 Å². The zero-order valence-corrected chi connectivity index (χ0v) is 10.9. The van der Waals surface area contributed by atoms with E-state index in [9.17, 15) is 9.18 Å². The molecule has 0 bridgehead atoms. The molecule has 3 nitrogen and oxygen atoms in total. The molecule has 1 aromatic rings. The van der Waals surface area contributed by atoms with Crippen LogP contribution in [0.2, 0.25) is 0 Å². The standard InChI is InChI=1S/C12H14BrFN2O/c13-10-4-3-9(5-11(10)14)15-7-12(17)16-6-8-1-2-8/h3-5,8,15H,1-2,6-7H2,(H,16,17). The van der Waals surface area contributed by atoms with E-state index in [2.05, 4.69) is 26.6 Å². The zero-order chi connectivity index (χ0) is 12.3. The minimum Gasteiger partial charge on any atom is -0.376 e. The molecule has 2 rings (SSSR count). The summed E-state index contributed by atoms with van der Waals surface area (Å²) in [5.74, 6) is 0.276. The number of halogens is 2. The van der Waals surface area contributed by atoms with E-state index in [0.717, 1.165) is 6.54 Å². The molecule has 1 amide bonds. The number of carbonyl (C=O) groups is 1. The maximum absolute atomic E-state index is 13.2. The third kappa shape index (κ3) is 4.00. The summed E-state index contributed by atoms with van der Waals surface area (Å²) in [5, 5.41) is 5.72. The van der Waals surface area contributed by atoms with E-state index in [0.29, 0.717) is 16.1 Å². The Balaban J connectivity index is 1.75. The van der Waals surface area contributed by atoms with E-state index in [4.69, 9.17) is 0 Å². The van der Waals surface area contributed by atoms with Gasteiger partial charge in [-0.25, -0.2) is 4.39 Å². The first kappa shape index (κ1) is 12.4. The molecule has 0 spiro atoms. The summed E-state index contributed by atoms with van der Waals surface area (Å²) in [6, 6.07) is 4.69. The third-order valence-corrected chi connectivity index (χ3v) is 3.30. The summed E-state index contributed by atoms with van der Waals surface area (Å²) in [7, 11) is 0. The monoisotopic (exact) mass is 300 g/mol. The molecule has 1 saturated carbocycles. The number of hydrogen-bond donors (Lipinski definition) is 2. The van der Waals surface area contributed by atoms with Crippen molar-refractivity contribution < 1.29 is 9.18 Å². The average Bonchev–Trinajstić information content (AvgIpc) is 3.12.